The lowest BCUT2D eigenvalue weighted by atomic mass is 10.1. The van der Waals surface area contributed by atoms with Crippen LogP contribution in [0.25, 0.3) is 11.1 Å². The number of anilines is 3. The SMILES string of the molecule is COc1ccc(N(c2ccc(C#Cc3ccc4cccccc3-4)cc2)c2ccc(OC)cc2)cc1. The summed E-state index contributed by atoms with van der Waals surface area (Å²) in [7, 11) is 3.35. The highest BCUT2D eigenvalue weighted by Crippen LogP contribution is 2.36. The van der Waals surface area contributed by atoms with E-state index < -0.39 is 0 Å². The Kier molecular flexibility index (Phi) is 6.37. The molecule has 3 aromatic carbocycles. The van der Waals surface area contributed by atoms with Crippen molar-refractivity contribution < 1.29 is 9.47 Å². The molecule has 35 heavy (non-hydrogen) atoms. The minimum Gasteiger partial charge on any atom is -0.497 e. The Bertz CT molecular complexity index is 1400. The molecule has 0 aliphatic heterocycles. The number of rotatable bonds is 5. The quantitative estimate of drug-likeness (QED) is 0.254. The van der Waals surface area contributed by atoms with Crippen LogP contribution in [0.15, 0.2) is 115 Å². The van der Waals surface area contributed by atoms with Gasteiger partial charge in [0, 0.05) is 28.2 Å². The molecule has 3 heteroatoms. The van der Waals surface area contributed by atoms with Crippen molar-refractivity contribution in [2.75, 3.05) is 19.1 Å². The van der Waals surface area contributed by atoms with E-state index in [1.165, 1.54) is 11.1 Å². The van der Waals surface area contributed by atoms with Gasteiger partial charge < -0.3 is 14.4 Å². The van der Waals surface area contributed by atoms with Gasteiger partial charge in [0.05, 0.1) is 14.2 Å². The van der Waals surface area contributed by atoms with Gasteiger partial charge in [0.1, 0.15) is 11.5 Å². The van der Waals surface area contributed by atoms with Gasteiger partial charge in [-0.25, -0.2) is 0 Å². The van der Waals surface area contributed by atoms with Crippen LogP contribution < -0.4 is 14.4 Å². The van der Waals surface area contributed by atoms with Gasteiger partial charge in [-0.1, -0.05) is 48.2 Å². The fraction of sp³-hybridized carbons (Fsp3) is 0.0625. The molecule has 0 amide bonds. The first-order valence-corrected chi connectivity index (χ1v) is 11.4. The minimum absolute atomic E-state index is 0.822. The molecule has 0 spiro atoms. The number of ether oxygens (including phenoxy) is 2. The minimum atomic E-state index is 0.822. The van der Waals surface area contributed by atoms with Crippen LogP contribution in [0.5, 0.6) is 11.5 Å². The van der Waals surface area contributed by atoms with Crippen molar-refractivity contribution in [1.29, 1.82) is 0 Å². The maximum Gasteiger partial charge on any atom is 0.119 e. The molecule has 0 fully saturated rings. The van der Waals surface area contributed by atoms with E-state index in [2.05, 4.69) is 102 Å². The fourth-order valence-corrected chi connectivity index (χ4v) is 4.07. The molecule has 3 aromatic rings. The third-order valence-electron chi connectivity index (χ3n) is 5.92. The van der Waals surface area contributed by atoms with Crippen LogP contribution in [0.2, 0.25) is 0 Å². The second kappa shape index (κ2) is 10.1. The van der Waals surface area contributed by atoms with Crippen LogP contribution in [0.1, 0.15) is 11.1 Å². The summed E-state index contributed by atoms with van der Waals surface area (Å²) in [6, 6.07) is 39.0. The number of benzene rings is 3. The van der Waals surface area contributed by atoms with E-state index in [0.717, 1.165) is 39.7 Å². The van der Waals surface area contributed by atoms with Crippen LogP contribution in [-0.2, 0) is 0 Å². The predicted octanol–water partition coefficient (Wildman–Crippen LogP) is 7.68. The lowest BCUT2D eigenvalue weighted by Gasteiger charge is -2.25. The topological polar surface area (TPSA) is 21.7 Å². The van der Waals surface area contributed by atoms with Gasteiger partial charge >= 0.3 is 0 Å². The normalized spacial score (nSPS) is 10.3. The van der Waals surface area contributed by atoms with E-state index in [0.29, 0.717) is 0 Å². The van der Waals surface area contributed by atoms with E-state index in [9.17, 15) is 0 Å². The van der Waals surface area contributed by atoms with Gasteiger partial charge in [0.25, 0.3) is 0 Å². The van der Waals surface area contributed by atoms with E-state index in [4.69, 9.17) is 9.47 Å². The van der Waals surface area contributed by atoms with Crippen molar-refractivity contribution in [1.82, 2.24) is 0 Å². The van der Waals surface area contributed by atoms with Gasteiger partial charge in [-0.15, -0.1) is 0 Å². The summed E-state index contributed by atoms with van der Waals surface area (Å²) < 4.78 is 10.7. The van der Waals surface area contributed by atoms with Crippen LogP contribution >= 0.6 is 0 Å². The number of hydrogen-bond acceptors (Lipinski definition) is 3. The molecule has 5 rings (SSSR count). The maximum atomic E-state index is 5.35. The van der Waals surface area contributed by atoms with Crippen molar-refractivity contribution in [3.63, 3.8) is 0 Å². The summed E-state index contributed by atoms with van der Waals surface area (Å²) in [5.41, 5.74) is 7.48. The molecular formula is C32H25NO2. The molecule has 2 aliphatic rings. The first-order valence-electron chi connectivity index (χ1n) is 11.4. The fourth-order valence-electron chi connectivity index (χ4n) is 4.07. The Morgan fingerprint density at radius 3 is 1.63 bits per heavy atom. The van der Waals surface area contributed by atoms with Crippen molar-refractivity contribution in [3.8, 4) is 34.5 Å². The summed E-state index contributed by atoms with van der Waals surface area (Å²) in [6.45, 7) is 0. The van der Waals surface area contributed by atoms with Gasteiger partial charge in [-0.2, -0.15) is 0 Å². The standard InChI is InChI=1S/C32H25NO2/c1-34-30-20-16-28(17-21-30)33(29-18-22-31(35-2)23-19-29)27-14-9-24(10-15-27)8-11-26-13-12-25-6-4-3-5-7-32(25)26/h3-7,9-10,12-23H,1-2H3. The molecule has 0 aromatic heterocycles. The van der Waals surface area contributed by atoms with Crippen LogP contribution in [0.3, 0.4) is 0 Å². The number of hydrogen-bond donors (Lipinski definition) is 0. The molecule has 0 radical (unpaired) electrons. The molecule has 0 saturated carbocycles. The molecule has 0 heterocycles. The summed E-state index contributed by atoms with van der Waals surface area (Å²) in [4.78, 5) is 2.20. The zero-order valence-corrected chi connectivity index (χ0v) is 19.7. The zero-order chi connectivity index (χ0) is 24.0. The molecule has 0 N–H and O–H groups in total. The smallest absolute Gasteiger partial charge is 0.119 e. The van der Waals surface area contributed by atoms with Crippen molar-refractivity contribution in [2.24, 2.45) is 0 Å². The van der Waals surface area contributed by atoms with E-state index in [-0.39, 0.29) is 0 Å². The lowest BCUT2D eigenvalue weighted by Crippen LogP contribution is -2.09. The highest BCUT2D eigenvalue weighted by Gasteiger charge is 2.13. The average molecular weight is 456 g/mol. The second-order valence-corrected chi connectivity index (χ2v) is 8.06. The average Bonchev–Trinajstić information content (AvgIpc) is 3.14. The van der Waals surface area contributed by atoms with Crippen LogP contribution in [-0.4, -0.2) is 14.2 Å². The largest absolute Gasteiger partial charge is 0.497 e. The van der Waals surface area contributed by atoms with Gasteiger partial charge in [0.2, 0.25) is 0 Å². The van der Waals surface area contributed by atoms with E-state index >= 15 is 0 Å². The number of fused-ring (bicyclic) bond motifs is 1. The summed E-state index contributed by atoms with van der Waals surface area (Å²) in [5.74, 6) is 8.31. The molecule has 0 bridgehead atoms. The van der Waals surface area contributed by atoms with Gasteiger partial charge in [-0.3, -0.25) is 0 Å². The van der Waals surface area contributed by atoms with Crippen molar-refractivity contribution in [2.45, 2.75) is 0 Å². The van der Waals surface area contributed by atoms with Gasteiger partial charge in [-0.05, 0) is 90.0 Å². The van der Waals surface area contributed by atoms with Crippen LogP contribution in [0.4, 0.5) is 17.1 Å². The van der Waals surface area contributed by atoms with Crippen molar-refractivity contribution >= 4 is 17.1 Å². The molecule has 0 unspecified atom stereocenters. The zero-order valence-electron chi connectivity index (χ0n) is 19.7. The molecular weight excluding hydrogens is 430 g/mol. The van der Waals surface area contributed by atoms with Gasteiger partial charge in [0.15, 0.2) is 0 Å². The summed E-state index contributed by atoms with van der Waals surface area (Å²) in [6.07, 6.45) is 0. The molecule has 0 atom stereocenters. The Labute approximate surface area is 206 Å². The van der Waals surface area contributed by atoms with Crippen LogP contribution in [0, 0.1) is 11.8 Å². The molecule has 0 saturated heterocycles. The van der Waals surface area contributed by atoms with E-state index in [1.54, 1.807) is 14.2 Å². The first-order chi connectivity index (χ1) is 17.2. The highest BCUT2D eigenvalue weighted by atomic mass is 16.5. The lowest BCUT2D eigenvalue weighted by molar-refractivity contribution is 0.415. The first kappa shape index (κ1) is 22.1. The molecule has 170 valence electrons. The Hall–Kier alpha value is -4.68. The summed E-state index contributed by atoms with van der Waals surface area (Å²) >= 11 is 0. The molecule has 3 nitrogen and oxygen atoms in total. The third kappa shape index (κ3) is 4.83. The number of methoxy groups -OCH3 is 2. The monoisotopic (exact) mass is 455 g/mol. The summed E-state index contributed by atoms with van der Waals surface area (Å²) in [5, 5.41) is 0. The molecule has 2 aliphatic carbocycles. The Morgan fingerprint density at radius 2 is 1.06 bits per heavy atom. The Morgan fingerprint density at radius 1 is 0.514 bits per heavy atom. The highest BCUT2D eigenvalue weighted by molar-refractivity contribution is 5.78. The number of nitrogens with zero attached hydrogens (tertiary/aromatic N) is 1. The predicted molar refractivity (Wildman–Crippen MR) is 143 cm³/mol. The van der Waals surface area contributed by atoms with Crippen molar-refractivity contribution in [3.05, 3.63) is 126 Å². The Balaban J connectivity index is 1.47. The third-order valence-corrected chi connectivity index (χ3v) is 5.92. The van der Waals surface area contributed by atoms with E-state index in [1.807, 2.05) is 30.3 Å². The second-order valence-electron chi connectivity index (χ2n) is 8.06. The maximum absolute atomic E-state index is 5.35.